The van der Waals surface area contributed by atoms with E-state index in [4.69, 9.17) is 15.6 Å². The molecule has 3 rings (SSSR count). The van der Waals surface area contributed by atoms with Gasteiger partial charge in [-0.15, -0.1) is 5.10 Å². The molecule has 3 heterocycles. The zero-order valence-electron chi connectivity index (χ0n) is 20.2. The van der Waals surface area contributed by atoms with E-state index in [0.717, 1.165) is 6.07 Å². The quantitative estimate of drug-likeness (QED) is 0.262. The van der Waals surface area contributed by atoms with Crippen LogP contribution in [0, 0.1) is 11.7 Å². The maximum absolute atomic E-state index is 15.0. The molecule has 36 heavy (non-hydrogen) atoms. The molecule has 6 N–H and O–H groups in total. The average Bonchev–Trinajstić information content (AvgIpc) is 3.34. The van der Waals surface area contributed by atoms with Crippen molar-refractivity contribution in [2.24, 2.45) is 11.7 Å². The Kier molecular flexibility index (Phi) is 8.19. The summed E-state index contributed by atoms with van der Waals surface area (Å²) in [5.74, 6) is -1.47. The highest BCUT2D eigenvalue weighted by Crippen LogP contribution is 2.28. The van der Waals surface area contributed by atoms with E-state index in [1.54, 1.807) is 19.2 Å². The van der Waals surface area contributed by atoms with Crippen LogP contribution < -0.4 is 26.4 Å². The van der Waals surface area contributed by atoms with Crippen LogP contribution in [0.15, 0.2) is 30.7 Å². The summed E-state index contributed by atoms with van der Waals surface area (Å²) in [6.07, 6.45) is 3.83. The molecule has 0 aliphatic carbocycles. The number of carbonyl (C=O) groups excluding carboxylic acids is 1. The summed E-state index contributed by atoms with van der Waals surface area (Å²) in [6, 6.07) is 1.55. The third-order valence-electron chi connectivity index (χ3n) is 5.20. The fraction of sp³-hybridized carbons (Fsp3) is 0.364. The van der Waals surface area contributed by atoms with Crippen LogP contribution in [0.4, 0.5) is 26.5 Å². The van der Waals surface area contributed by atoms with Gasteiger partial charge >= 0.3 is 6.09 Å². The summed E-state index contributed by atoms with van der Waals surface area (Å²) in [5, 5.41) is 25.1. The molecule has 3 aromatic rings. The minimum Gasteiger partial charge on any atom is -0.479 e. The first-order chi connectivity index (χ1) is 17.1. The number of carboxylic acid groups (broad SMARTS) is 1. The number of primary amides is 1. The van der Waals surface area contributed by atoms with Gasteiger partial charge in [-0.2, -0.15) is 0 Å². The molecule has 0 saturated carbocycles. The maximum Gasteiger partial charge on any atom is 0.404 e. The van der Waals surface area contributed by atoms with E-state index < -0.39 is 29.9 Å². The lowest BCUT2D eigenvalue weighted by molar-refractivity contribution is 0.1000. The van der Waals surface area contributed by atoms with Crippen LogP contribution in [-0.2, 0) is 0 Å². The Hall–Kier alpha value is -4.49. The number of halogens is 1. The molecule has 0 aliphatic rings. The Labute approximate surface area is 206 Å². The highest BCUT2D eigenvalue weighted by molar-refractivity contribution is 5.98. The highest BCUT2D eigenvalue weighted by Gasteiger charge is 2.24. The fourth-order valence-corrected chi connectivity index (χ4v) is 3.54. The van der Waals surface area contributed by atoms with Crippen LogP contribution >= 0.6 is 0 Å². The van der Waals surface area contributed by atoms with Crippen LogP contribution in [-0.4, -0.2) is 61.3 Å². The van der Waals surface area contributed by atoms with E-state index in [-0.39, 0.29) is 29.0 Å². The number of carbonyl (C=O) groups is 2. The van der Waals surface area contributed by atoms with Gasteiger partial charge in [-0.25, -0.2) is 23.8 Å². The molecule has 13 nitrogen and oxygen atoms in total. The smallest absolute Gasteiger partial charge is 0.404 e. The molecule has 0 bridgehead atoms. The molecule has 0 aromatic carbocycles. The van der Waals surface area contributed by atoms with Crippen LogP contribution in [0.3, 0.4) is 0 Å². The topological polar surface area (TPSA) is 182 Å². The largest absolute Gasteiger partial charge is 0.479 e. The van der Waals surface area contributed by atoms with Crippen molar-refractivity contribution in [2.75, 3.05) is 17.7 Å². The Balaban J connectivity index is 1.98. The number of ether oxygens (including phenoxy) is 1. The first kappa shape index (κ1) is 26.1. The zero-order valence-corrected chi connectivity index (χ0v) is 20.2. The summed E-state index contributed by atoms with van der Waals surface area (Å²) >= 11 is 0. The van der Waals surface area contributed by atoms with Crippen molar-refractivity contribution in [3.05, 3.63) is 42.1 Å². The standard InChI is InChI=1S/C22H28FN9O4/c1-11(2)7-16(12(3)27-22(34)35)29-20-15(23)9-14(18(24)33)19(30-20)28-13-8-17(21(36-4)25-10-13)32-6-5-26-31-32/h5-6,8-12,16,27H,7H2,1-4H3,(H2,24,33)(H,34,35)(H2,28,29,30)/t12-,16+/m0/s1. The minimum atomic E-state index is -1.20. The molecule has 0 aliphatic heterocycles. The minimum absolute atomic E-state index is 0.0231. The second-order valence-corrected chi connectivity index (χ2v) is 8.42. The summed E-state index contributed by atoms with van der Waals surface area (Å²) in [7, 11) is 1.45. The van der Waals surface area contributed by atoms with Crippen LogP contribution in [0.5, 0.6) is 5.88 Å². The second kappa shape index (κ2) is 11.3. The van der Waals surface area contributed by atoms with Crippen molar-refractivity contribution in [1.82, 2.24) is 30.3 Å². The van der Waals surface area contributed by atoms with E-state index in [1.165, 1.54) is 24.2 Å². The lowest BCUT2D eigenvalue weighted by Gasteiger charge is -2.27. The molecule has 14 heteroatoms. The maximum atomic E-state index is 15.0. The average molecular weight is 502 g/mol. The highest BCUT2D eigenvalue weighted by atomic mass is 19.1. The number of amides is 2. The molecule has 0 saturated heterocycles. The van der Waals surface area contributed by atoms with Crippen molar-refractivity contribution >= 4 is 29.3 Å². The number of rotatable bonds is 11. The van der Waals surface area contributed by atoms with Crippen LogP contribution in [0.2, 0.25) is 0 Å². The summed E-state index contributed by atoms with van der Waals surface area (Å²) in [6.45, 7) is 5.58. The van der Waals surface area contributed by atoms with Gasteiger partial charge in [0.05, 0.1) is 37.0 Å². The Morgan fingerprint density at radius 1 is 1.25 bits per heavy atom. The number of anilines is 3. The predicted octanol–water partition coefficient (Wildman–Crippen LogP) is 2.53. The molecular formula is C22H28FN9O4. The molecule has 2 amide bonds. The van der Waals surface area contributed by atoms with Crippen LogP contribution in [0.25, 0.3) is 5.69 Å². The van der Waals surface area contributed by atoms with Crippen molar-refractivity contribution in [2.45, 2.75) is 39.3 Å². The number of methoxy groups -OCH3 is 1. The van der Waals surface area contributed by atoms with Crippen LogP contribution in [0.1, 0.15) is 37.6 Å². The Bertz CT molecular complexity index is 1220. The lowest BCUT2D eigenvalue weighted by Crippen LogP contribution is -2.45. The first-order valence-electron chi connectivity index (χ1n) is 11.0. The molecule has 0 unspecified atom stereocenters. The number of nitrogens with zero attached hydrogens (tertiary/aromatic N) is 5. The SMILES string of the molecule is COc1ncc(Nc2nc(N[C@H](CC(C)C)[C@H](C)NC(=O)O)c(F)cc2C(N)=O)cc1-n1ccnn1. The lowest BCUT2D eigenvalue weighted by atomic mass is 9.98. The van der Waals surface area contributed by atoms with E-state index in [1.807, 2.05) is 13.8 Å². The third kappa shape index (κ3) is 6.34. The van der Waals surface area contributed by atoms with Gasteiger partial charge < -0.3 is 31.5 Å². The number of nitrogens with one attached hydrogen (secondary N) is 3. The van der Waals surface area contributed by atoms with Gasteiger partial charge in [0, 0.05) is 12.1 Å². The summed E-state index contributed by atoms with van der Waals surface area (Å²) < 4.78 is 21.7. The van der Waals surface area contributed by atoms with Gasteiger partial charge in [-0.3, -0.25) is 4.79 Å². The van der Waals surface area contributed by atoms with Crippen molar-refractivity contribution in [1.29, 1.82) is 0 Å². The van der Waals surface area contributed by atoms with Gasteiger partial charge in [0.2, 0.25) is 5.88 Å². The summed E-state index contributed by atoms with van der Waals surface area (Å²) in [4.78, 5) is 31.7. The van der Waals surface area contributed by atoms with Gasteiger partial charge in [0.25, 0.3) is 5.91 Å². The van der Waals surface area contributed by atoms with Crippen molar-refractivity contribution < 1.29 is 23.8 Å². The number of pyridine rings is 2. The molecule has 0 fully saturated rings. The number of aromatic nitrogens is 5. The van der Waals surface area contributed by atoms with Gasteiger partial charge in [-0.1, -0.05) is 19.1 Å². The first-order valence-corrected chi connectivity index (χ1v) is 11.0. The zero-order chi connectivity index (χ0) is 26.4. The molecule has 192 valence electrons. The Morgan fingerprint density at radius 2 is 2.00 bits per heavy atom. The van der Waals surface area contributed by atoms with Crippen molar-refractivity contribution in [3.8, 4) is 11.6 Å². The normalized spacial score (nSPS) is 12.6. The van der Waals surface area contributed by atoms with E-state index >= 15 is 0 Å². The monoisotopic (exact) mass is 501 g/mol. The van der Waals surface area contributed by atoms with Gasteiger partial charge in [0.15, 0.2) is 11.6 Å². The van der Waals surface area contributed by atoms with Gasteiger partial charge in [-0.05, 0) is 31.4 Å². The van der Waals surface area contributed by atoms with Gasteiger partial charge in [0.1, 0.15) is 11.5 Å². The Morgan fingerprint density at radius 3 is 2.58 bits per heavy atom. The van der Waals surface area contributed by atoms with E-state index in [2.05, 4.69) is 36.2 Å². The predicted molar refractivity (Wildman–Crippen MR) is 129 cm³/mol. The number of hydrogen-bond donors (Lipinski definition) is 5. The number of hydrogen-bond acceptors (Lipinski definition) is 9. The third-order valence-corrected chi connectivity index (χ3v) is 5.20. The second-order valence-electron chi connectivity index (χ2n) is 8.42. The van der Waals surface area contributed by atoms with E-state index in [0.29, 0.717) is 17.8 Å². The van der Waals surface area contributed by atoms with Crippen molar-refractivity contribution in [3.63, 3.8) is 0 Å². The fourth-order valence-electron chi connectivity index (χ4n) is 3.54. The van der Waals surface area contributed by atoms with E-state index in [9.17, 15) is 14.0 Å². The summed E-state index contributed by atoms with van der Waals surface area (Å²) in [5.41, 5.74) is 6.12. The molecule has 0 radical (unpaired) electrons. The molecular weight excluding hydrogens is 473 g/mol. The molecule has 3 aromatic heterocycles. The number of nitrogens with two attached hydrogens (primary N) is 1. The molecule has 2 atom stereocenters. The molecule has 0 spiro atoms.